The highest BCUT2D eigenvalue weighted by molar-refractivity contribution is 7.09. The molecule has 6 heteroatoms. The van der Waals surface area contributed by atoms with E-state index in [1.54, 1.807) is 17.5 Å². The number of nitrogens with one attached hydrogen (secondary N) is 2. The van der Waals surface area contributed by atoms with Crippen molar-refractivity contribution in [3.05, 3.63) is 52.5 Å². The molecule has 2 unspecified atom stereocenters. The van der Waals surface area contributed by atoms with Crippen molar-refractivity contribution >= 4 is 17.4 Å². The van der Waals surface area contributed by atoms with Crippen molar-refractivity contribution in [2.75, 3.05) is 6.54 Å². The second-order valence-electron chi connectivity index (χ2n) is 5.88. The highest BCUT2D eigenvalue weighted by Crippen LogP contribution is 2.41. The lowest BCUT2D eigenvalue weighted by molar-refractivity contribution is 0.169. The van der Waals surface area contributed by atoms with Gasteiger partial charge in [-0.2, -0.15) is 0 Å². The van der Waals surface area contributed by atoms with E-state index in [4.69, 9.17) is 0 Å². The number of benzene rings is 1. The van der Waals surface area contributed by atoms with Gasteiger partial charge in [0, 0.05) is 24.5 Å². The molecule has 2 aromatic rings. The van der Waals surface area contributed by atoms with Crippen molar-refractivity contribution in [2.45, 2.75) is 31.4 Å². The first kappa shape index (κ1) is 16.0. The van der Waals surface area contributed by atoms with Crippen LogP contribution in [0.15, 0.2) is 41.9 Å². The first-order valence-electron chi connectivity index (χ1n) is 7.88. The van der Waals surface area contributed by atoms with Gasteiger partial charge >= 0.3 is 6.03 Å². The van der Waals surface area contributed by atoms with Crippen LogP contribution in [0.1, 0.15) is 29.5 Å². The van der Waals surface area contributed by atoms with Gasteiger partial charge in [-0.25, -0.2) is 9.78 Å². The van der Waals surface area contributed by atoms with E-state index >= 15 is 0 Å². The lowest BCUT2D eigenvalue weighted by atomic mass is 10.1. The lowest BCUT2D eigenvalue weighted by Crippen LogP contribution is -2.42. The molecule has 23 heavy (non-hydrogen) atoms. The molecule has 2 amide bonds. The van der Waals surface area contributed by atoms with Crippen LogP contribution in [0.3, 0.4) is 0 Å². The number of nitrogens with zero attached hydrogens (tertiary/aromatic N) is 1. The highest BCUT2D eigenvalue weighted by atomic mass is 32.1. The number of amides is 2. The SMILES string of the molecule is O=C(NCC(O)Cc1ccccc1)NC(c1nccs1)C1CC1. The van der Waals surface area contributed by atoms with Gasteiger partial charge in [-0.3, -0.25) is 0 Å². The molecule has 1 aromatic carbocycles. The van der Waals surface area contributed by atoms with E-state index in [1.165, 1.54) is 0 Å². The summed E-state index contributed by atoms with van der Waals surface area (Å²) >= 11 is 1.56. The number of aliphatic hydroxyl groups is 1. The summed E-state index contributed by atoms with van der Waals surface area (Å²) in [4.78, 5) is 16.4. The minimum Gasteiger partial charge on any atom is -0.391 e. The molecule has 1 saturated carbocycles. The van der Waals surface area contributed by atoms with Gasteiger partial charge in [0.2, 0.25) is 0 Å². The Bertz CT molecular complexity index is 614. The van der Waals surface area contributed by atoms with Gasteiger partial charge in [0.05, 0.1) is 12.1 Å². The molecule has 122 valence electrons. The van der Waals surface area contributed by atoms with E-state index < -0.39 is 6.10 Å². The smallest absolute Gasteiger partial charge is 0.315 e. The standard InChI is InChI=1S/C17H21N3O2S/c21-14(10-12-4-2-1-3-5-12)11-19-17(22)20-15(13-6-7-13)16-18-8-9-23-16/h1-5,8-9,13-15,21H,6-7,10-11H2,(H2,19,20,22). The summed E-state index contributed by atoms with van der Waals surface area (Å²) in [6.45, 7) is 0.232. The molecule has 0 spiro atoms. The maximum absolute atomic E-state index is 12.1. The molecule has 3 rings (SSSR count). The zero-order chi connectivity index (χ0) is 16.1. The predicted octanol–water partition coefficient (Wildman–Crippen LogP) is 2.50. The number of carbonyl (C=O) groups is 1. The Balaban J connectivity index is 1.45. The Kier molecular flexibility index (Phi) is 5.25. The third-order valence-electron chi connectivity index (χ3n) is 3.91. The number of hydrogen-bond acceptors (Lipinski definition) is 4. The van der Waals surface area contributed by atoms with Crippen LogP contribution in [0.2, 0.25) is 0 Å². The molecule has 1 aliphatic carbocycles. The number of hydrogen-bond donors (Lipinski definition) is 3. The van der Waals surface area contributed by atoms with E-state index in [1.807, 2.05) is 35.7 Å². The molecular weight excluding hydrogens is 310 g/mol. The molecule has 1 aromatic heterocycles. The number of thiazole rings is 1. The fraction of sp³-hybridized carbons (Fsp3) is 0.412. The van der Waals surface area contributed by atoms with Gasteiger partial charge in [0.15, 0.2) is 0 Å². The molecule has 0 radical (unpaired) electrons. The molecule has 1 aliphatic rings. The van der Waals surface area contributed by atoms with E-state index in [2.05, 4.69) is 15.6 Å². The van der Waals surface area contributed by atoms with Crippen LogP contribution in [0.4, 0.5) is 4.79 Å². The summed E-state index contributed by atoms with van der Waals surface area (Å²) in [5, 5.41) is 18.7. The maximum Gasteiger partial charge on any atom is 0.315 e. The van der Waals surface area contributed by atoms with Crippen molar-refractivity contribution in [3.8, 4) is 0 Å². The minimum atomic E-state index is -0.595. The molecule has 1 fully saturated rings. The van der Waals surface area contributed by atoms with Gasteiger partial charge < -0.3 is 15.7 Å². The van der Waals surface area contributed by atoms with E-state index in [0.29, 0.717) is 12.3 Å². The number of carbonyl (C=O) groups excluding carboxylic acids is 1. The minimum absolute atomic E-state index is 0.0127. The van der Waals surface area contributed by atoms with Crippen LogP contribution in [0, 0.1) is 5.92 Å². The molecule has 0 bridgehead atoms. The second-order valence-corrected chi connectivity index (χ2v) is 6.81. The Morgan fingerprint density at radius 2 is 2.13 bits per heavy atom. The van der Waals surface area contributed by atoms with Gasteiger partial charge in [-0.1, -0.05) is 30.3 Å². The monoisotopic (exact) mass is 331 g/mol. The average Bonchev–Trinajstić information content (AvgIpc) is 3.25. The largest absolute Gasteiger partial charge is 0.391 e. The van der Waals surface area contributed by atoms with Crippen LogP contribution in [-0.4, -0.2) is 28.8 Å². The Morgan fingerprint density at radius 3 is 2.78 bits per heavy atom. The molecule has 1 heterocycles. The Morgan fingerprint density at radius 1 is 1.35 bits per heavy atom. The summed E-state index contributed by atoms with van der Waals surface area (Å²) in [6.07, 6.45) is 3.95. The fourth-order valence-electron chi connectivity index (χ4n) is 2.56. The summed E-state index contributed by atoms with van der Waals surface area (Å²) in [5.74, 6) is 0.487. The zero-order valence-electron chi connectivity index (χ0n) is 12.8. The first-order valence-corrected chi connectivity index (χ1v) is 8.76. The van der Waals surface area contributed by atoms with Crippen LogP contribution in [-0.2, 0) is 6.42 Å². The third-order valence-corrected chi connectivity index (χ3v) is 4.77. The molecule has 2 atom stereocenters. The van der Waals surface area contributed by atoms with Crippen LogP contribution in [0.5, 0.6) is 0 Å². The normalized spacial score (nSPS) is 16.6. The second kappa shape index (κ2) is 7.57. The number of aliphatic hydroxyl groups excluding tert-OH is 1. The van der Waals surface area contributed by atoms with Gasteiger partial charge in [0.25, 0.3) is 0 Å². The highest BCUT2D eigenvalue weighted by Gasteiger charge is 2.35. The molecular formula is C17H21N3O2S. The van der Waals surface area contributed by atoms with Gasteiger partial charge in [-0.15, -0.1) is 11.3 Å². The molecule has 0 aliphatic heterocycles. The molecule has 0 saturated heterocycles. The predicted molar refractivity (Wildman–Crippen MR) is 90.3 cm³/mol. The lowest BCUT2D eigenvalue weighted by Gasteiger charge is -2.18. The Hall–Kier alpha value is -1.92. The van der Waals surface area contributed by atoms with Crippen LogP contribution in [0.25, 0.3) is 0 Å². The third kappa shape index (κ3) is 4.77. The average molecular weight is 331 g/mol. The van der Waals surface area contributed by atoms with E-state index in [0.717, 1.165) is 23.4 Å². The summed E-state index contributed by atoms with van der Waals surface area (Å²) in [6, 6.07) is 9.50. The summed E-state index contributed by atoms with van der Waals surface area (Å²) < 4.78 is 0. The van der Waals surface area contributed by atoms with Crippen LogP contribution < -0.4 is 10.6 Å². The van der Waals surface area contributed by atoms with Gasteiger partial charge in [0.1, 0.15) is 5.01 Å². The summed E-state index contributed by atoms with van der Waals surface area (Å²) in [7, 11) is 0. The molecule has 3 N–H and O–H groups in total. The summed E-state index contributed by atoms with van der Waals surface area (Å²) in [5.41, 5.74) is 1.06. The van der Waals surface area contributed by atoms with Crippen molar-refractivity contribution < 1.29 is 9.90 Å². The first-order chi connectivity index (χ1) is 11.2. The van der Waals surface area contributed by atoms with E-state index in [-0.39, 0.29) is 18.6 Å². The number of urea groups is 1. The van der Waals surface area contributed by atoms with Crippen molar-refractivity contribution in [1.29, 1.82) is 0 Å². The quantitative estimate of drug-likeness (QED) is 0.730. The fourth-order valence-corrected chi connectivity index (χ4v) is 3.34. The zero-order valence-corrected chi connectivity index (χ0v) is 13.6. The molecule has 5 nitrogen and oxygen atoms in total. The van der Waals surface area contributed by atoms with Gasteiger partial charge in [-0.05, 0) is 24.3 Å². The van der Waals surface area contributed by atoms with E-state index in [9.17, 15) is 9.90 Å². The number of rotatable bonds is 7. The van der Waals surface area contributed by atoms with Crippen LogP contribution >= 0.6 is 11.3 Å². The maximum atomic E-state index is 12.1. The van der Waals surface area contributed by atoms with Crippen molar-refractivity contribution in [3.63, 3.8) is 0 Å². The Labute approximate surface area is 139 Å². The number of aromatic nitrogens is 1. The topological polar surface area (TPSA) is 74.2 Å². The van der Waals surface area contributed by atoms with Crippen molar-refractivity contribution in [1.82, 2.24) is 15.6 Å². The van der Waals surface area contributed by atoms with Crippen molar-refractivity contribution in [2.24, 2.45) is 5.92 Å².